The quantitative estimate of drug-likeness (QED) is 0.663. The van der Waals surface area contributed by atoms with Crippen LogP contribution < -0.4 is 10.6 Å². The van der Waals surface area contributed by atoms with Gasteiger partial charge in [-0.1, -0.05) is 0 Å². The molecule has 2 N–H and O–H groups in total. The second-order valence-electron chi connectivity index (χ2n) is 5.44. The average molecular weight is 255 g/mol. The van der Waals surface area contributed by atoms with Crippen LogP contribution in [-0.4, -0.2) is 62.8 Å². The van der Waals surface area contributed by atoms with E-state index in [1.165, 1.54) is 12.8 Å². The van der Waals surface area contributed by atoms with Crippen LogP contribution >= 0.6 is 0 Å². The van der Waals surface area contributed by atoms with Crippen molar-refractivity contribution in [2.75, 3.05) is 45.9 Å². The van der Waals surface area contributed by atoms with E-state index in [0.717, 1.165) is 45.3 Å². The fourth-order valence-corrected chi connectivity index (χ4v) is 2.15. The number of hydrogen-bond acceptors (Lipinski definition) is 4. The van der Waals surface area contributed by atoms with Crippen molar-refractivity contribution in [2.45, 2.75) is 25.8 Å². The van der Waals surface area contributed by atoms with Gasteiger partial charge in [-0.15, -0.1) is 0 Å². The summed E-state index contributed by atoms with van der Waals surface area (Å²) in [6, 6.07) is 0.342. The molecule has 18 heavy (non-hydrogen) atoms. The number of nitrogens with one attached hydrogen (secondary N) is 2. The minimum atomic E-state index is 0.121. The molecule has 1 aliphatic carbocycles. The summed E-state index contributed by atoms with van der Waals surface area (Å²) in [5.74, 6) is 0.871. The number of hydrogen-bond donors (Lipinski definition) is 2. The van der Waals surface area contributed by atoms with E-state index in [4.69, 9.17) is 4.74 Å². The van der Waals surface area contributed by atoms with Gasteiger partial charge in [0.15, 0.2) is 0 Å². The van der Waals surface area contributed by atoms with Crippen molar-refractivity contribution in [2.24, 2.45) is 5.92 Å². The molecule has 0 aromatic carbocycles. The molecule has 1 unspecified atom stereocenters. The highest BCUT2D eigenvalue weighted by Gasteiger charge is 2.21. The van der Waals surface area contributed by atoms with Crippen LogP contribution in [0.3, 0.4) is 0 Å². The molecule has 5 heteroatoms. The summed E-state index contributed by atoms with van der Waals surface area (Å²) in [5, 5.41) is 6.25. The van der Waals surface area contributed by atoms with Gasteiger partial charge in [-0.25, -0.2) is 0 Å². The summed E-state index contributed by atoms with van der Waals surface area (Å²) in [4.78, 5) is 13.9. The van der Waals surface area contributed by atoms with Crippen molar-refractivity contribution in [1.82, 2.24) is 15.5 Å². The summed E-state index contributed by atoms with van der Waals surface area (Å²) in [5.41, 5.74) is 0. The van der Waals surface area contributed by atoms with Crippen LogP contribution in [0.2, 0.25) is 0 Å². The third kappa shape index (κ3) is 5.33. The summed E-state index contributed by atoms with van der Waals surface area (Å²) in [6.07, 6.45) is 2.56. The second-order valence-corrected chi connectivity index (χ2v) is 5.44. The Kier molecular flexibility index (Phi) is 5.41. The Morgan fingerprint density at radius 1 is 1.39 bits per heavy atom. The molecule has 2 fully saturated rings. The minimum Gasteiger partial charge on any atom is -0.379 e. The molecule has 5 nitrogen and oxygen atoms in total. The number of carbonyl (C=O) groups excluding carboxylic acids is 1. The Bertz CT molecular complexity index is 263. The van der Waals surface area contributed by atoms with Crippen molar-refractivity contribution in [1.29, 1.82) is 0 Å². The third-order valence-electron chi connectivity index (χ3n) is 3.53. The fraction of sp³-hybridized carbons (Fsp3) is 0.923. The van der Waals surface area contributed by atoms with Crippen molar-refractivity contribution in [3.63, 3.8) is 0 Å². The molecule has 0 aromatic rings. The molecule has 2 rings (SSSR count). The first-order valence-corrected chi connectivity index (χ1v) is 7.04. The number of ether oxygens (including phenoxy) is 1. The zero-order valence-corrected chi connectivity index (χ0v) is 11.3. The van der Waals surface area contributed by atoms with Crippen molar-refractivity contribution in [3.8, 4) is 0 Å². The first kappa shape index (κ1) is 13.8. The fourth-order valence-electron chi connectivity index (χ4n) is 2.15. The van der Waals surface area contributed by atoms with E-state index in [1.54, 1.807) is 0 Å². The lowest BCUT2D eigenvalue weighted by atomic mass is 10.3. The predicted octanol–water partition coefficient (Wildman–Crippen LogP) is -0.177. The molecule has 0 spiro atoms. The Hall–Kier alpha value is -0.650. The van der Waals surface area contributed by atoms with Crippen LogP contribution in [0, 0.1) is 5.92 Å². The van der Waals surface area contributed by atoms with E-state index in [2.05, 4.69) is 22.5 Å². The van der Waals surface area contributed by atoms with Crippen molar-refractivity contribution >= 4 is 5.91 Å². The standard InChI is InChI=1S/C13H25N3O2/c1-11(10-16-4-6-18-7-5-16)14-9-13(17)15-8-12-2-3-12/h11-12,14H,2-10H2,1H3,(H,15,17). The Morgan fingerprint density at radius 2 is 2.11 bits per heavy atom. The normalized spacial score (nSPS) is 22.7. The van der Waals surface area contributed by atoms with Gasteiger partial charge in [0.1, 0.15) is 0 Å². The largest absolute Gasteiger partial charge is 0.379 e. The summed E-state index contributed by atoms with van der Waals surface area (Å²) < 4.78 is 5.31. The van der Waals surface area contributed by atoms with Crippen molar-refractivity contribution in [3.05, 3.63) is 0 Å². The molecular weight excluding hydrogens is 230 g/mol. The van der Waals surface area contributed by atoms with E-state index in [-0.39, 0.29) is 5.91 Å². The van der Waals surface area contributed by atoms with E-state index in [1.807, 2.05) is 0 Å². The van der Waals surface area contributed by atoms with Crippen LogP contribution in [0.5, 0.6) is 0 Å². The van der Waals surface area contributed by atoms with Gasteiger partial charge in [-0.2, -0.15) is 0 Å². The lowest BCUT2D eigenvalue weighted by Gasteiger charge is -2.29. The monoisotopic (exact) mass is 255 g/mol. The maximum absolute atomic E-state index is 11.6. The lowest BCUT2D eigenvalue weighted by Crippen LogP contribution is -2.46. The molecule has 1 aliphatic heterocycles. The van der Waals surface area contributed by atoms with Crippen molar-refractivity contribution < 1.29 is 9.53 Å². The van der Waals surface area contributed by atoms with Gasteiger partial charge >= 0.3 is 0 Å². The molecule has 1 heterocycles. The molecule has 0 radical (unpaired) electrons. The Morgan fingerprint density at radius 3 is 2.78 bits per heavy atom. The molecule has 1 amide bonds. The van der Waals surface area contributed by atoms with Crippen LogP contribution in [0.4, 0.5) is 0 Å². The number of carbonyl (C=O) groups is 1. The van der Waals surface area contributed by atoms with Gasteiger partial charge < -0.3 is 15.4 Å². The molecule has 1 saturated heterocycles. The van der Waals surface area contributed by atoms with Crippen LogP contribution in [0.1, 0.15) is 19.8 Å². The smallest absolute Gasteiger partial charge is 0.233 e. The summed E-state index contributed by atoms with van der Waals surface area (Å²) >= 11 is 0. The Balaban J connectivity index is 1.52. The van der Waals surface area contributed by atoms with E-state index >= 15 is 0 Å². The lowest BCUT2D eigenvalue weighted by molar-refractivity contribution is -0.120. The van der Waals surface area contributed by atoms with Gasteiger partial charge in [0.25, 0.3) is 0 Å². The molecule has 0 bridgehead atoms. The molecule has 1 saturated carbocycles. The van der Waals surface area contributed by atoms with Gasteiger partial charge in [0.2, 0.25) is 5.91 Å². The average Bonchev–Trinajstić information content (AvgIpc) is 3.19. The maximum Gasteiger partial charge on any atom is 0.233 e. The second kappa shape index (κ2) is 7.07. The van der Waals surface area contributed by atoms with Gasteiger partial charge in [-0.3, -0.25) is 9.69 Å². The number of morpholine rings is 1. The zero-order chi connectivity index (χ0) is 12.8. The molecule has 2 aliphatic rings. The van der Waals surface area contributed by atoms with E-state index < -0.39 is 0 Å². The number of rotatable bonds is 7. The van der Waals surface area contributed by atoms with Crippen LogP contribution in [0.25, 0.3) is 0 Å². The van der Waals surface area contributed by atoms with Gasteiger partial charge in [0.05, 0.1) is 19.8 Å². The third-order valence-corrected chi connectivity index (χ3v) is 3.53. The maximum atomic E-state index is 11.6. The molecule has 104 valence electrons. The molecular formula is C13H25N3O2. The summed E-state index contributed by atoms with van der Waals surface area (Å²) in [6.45, 7) is 8.06. The minimum absolute atomic E-state index is 0.121. The topological polar surface area (TPSA) is 53.6 Å². The highest BCUT2D eigenvalue weighted by Crippen LogP contribution is 2.27. The summed E-state index contributed by atoms with van der Waals surface area (Å²) in [7, 11) is 0. The van der Waals surface area contributed by atoms with Crippen LogP contribution in [0.15, 0.2) is 0 Å². The first-order chi connectivity index (χ1) is 8.74. The first-order valence-electron chi connectivity index (χ1n) is 7.04. The highest BCUT2D eigenvalue weighted by molar-refractivity contribution is 5.78. The predicted molar refractivity (Wildman–Crippen MR) is 70.5 cm³/mol. The Labute approximate surface area is 109 Å². The molecule has 1 atom stereocenters. The highest BCUT2D eigenvalue weighted by atomic mass is 16.5. The zero-order valence-electron chi connectivity index (χ0n) is 11.3. The van der Waals surface area contributed by atoms with Gasteiger partial charge in [0, 0.05) is 32.2 Å². The SMILES string of the molecule is CC(CN1CCOCC1)NCC(=O)NCC1CC1. The van der Waals surface area contributed by atoms with E-state index in [0.29, 0.717) is 12.6 Å². The number of nitrogens with zero attached hydrogens (tertiary/aromatic N) is 1. The van der Waals surface area contributed by atoms with Crippen LogP contribution in [-0.2, 0) is 9.53 Å². The van der Waals surface area contributed by atoms with Gasteiger partial charge in [-0.05, 0) is 25.7 Å². The number of amides is 1. The molecule has 0 aromatic heterocycles. The van der Waals surface area contributed by atoms with E-state index in [9.17, 15) is 4.79 Å².